The molecule has 9 heteroatoms. The highest BCUT2D eigenvalue weighted by Crippen LogP contribution is 2.05. The topological polar surface area (TPSA) is 88.1 Å². The average Bonchev–Trinajstić information content (AvgIpc) is 2.34. The van der Waals surface area contributed by atoms with Gasteiger partial charge in [0.05, 0.1) is 19.3 Å². The van der Waals surface area contributed by atoms with Gasteiger partial charge < -0.3 is 18.3 Å². The van der Waals surface area contributed by atoms with Gasteiger partial charge in [-0.05, 0) is 39.3 Å². The van der Waals surface area contributed by atoms with Gasteiger partial charge in [0.25, 0.3) is 5.97 Å². The molecule has 0 saturated heterocycles. The molecule has 0 aromatic heterocycles. The van der Waals surface area contributed by atoms with Crippen molar-refractivity contribution < 1.29 is 32.7 Å². The number of carbonyl (C=O) groups excluding carboxylic acids is 3. The number of hydrogen-bond acceptors (Lipinski definition) is 7. The van der Waals surface area contributed by atoms with Gasteiger partial charge in [0.2, 0.25) is 8.32 Å². The Balaban J connectivity index is 3.69. The number of esters is 2. The number of hydrogen-bond donors (Lipinski definition) is 0. The van der Waals surface area contributed by atoms with E-state index in [1.807, 2.05) is 39.3 Å². The predicted octanol–water partition coefficient (Wildman–Crippen LogP) is 2.47. The molecule has 0 N–H and O–H groups in total. The van der Waals surface area contributed by atoms with Crippen LogP contribution in [0.3, 0.4) is 0 Å². The fraction of sp³-hybridized carbons (Fsp3) is 0.800. The van der Waals surface area contributed by atoms with Crippen LogP contribution in [0, 0.1) is 0 Å². The minimum atomic E-state index is -1.91. The van der Waals surface area contributed by atoms with Gasteiger partial charge in [-0.1, -0.05) is 0 Å². The fourth-order valence-corrected chi connectivity index (χ4v) is 2.97. The quantitative estimate of drug-likeness (QED) is 0.403. The van der Waals surface area contributed by atoms with Gasteiger partial charge in [-0.2, -0.15) is 0 Å². The summed E-state index contributed by atoms with van der Waals surface area (Å²) in [5.41, 5.74) is 0. The molecule has 0 fully saturated rings. The van der Waals surface area contributed by atoms with Crippen LogP contribution in [0.15, 0.2) is 0 Å². The van der Waals surface area contributed by atoms with Crippen LogP contribution >= 0.6 is 0 Å². The van der Waals surface area contributed by atoms with E-state index in [-0.39, 0.29) is 38.4 Å². The molecule has 24 heavy (non-hydrogen) atoms. The SMILES string of the molecule is C[Si](C)(C)OCCC(=O)OCCC(=O)OCCC(=O)O[Si](C)(C)C. The van der Waals surface area contributed by atoms with Crippen molar-refractivity contribution in [3.8, 4) is 0 Å². The van der Waals surface area contributed by atoms with E-state index in [0.717, 1.165) is 0 Å². The second-order valence-electron chi connectivity index (χ2n) is 7.24. The van der Waals surface area contributed by atoms with E-state index in [9.17, 15) is 14.4 Å². The maximum absolute atomic E-state index is 11.5. The van der Waals surface area contributed by atoms with E-state index in [2.05, 4.69) is 0 Å². The third-order valence-corrected chi connectivity index (χ3v) is 4.31. The minimum Gasteiger partial charge on any atom is -0.520 e. The zero-order valence-electron chi connectivity index (χ0n) is 15.6. The lowest BCUT2D eigenvalue weighted by molar-refractivity contribution is -0.150. The first-order valence-corrected chi connectivity index (χ1v) is 14.9. The summed E-state index contributed by atoms with van der Waals surface area (Å²) >= 11 is 0. The maximum Gasteiger partial charge on any atom is 0.309 e. The summed E-state index contributed by atoms with van der Waals surface area (Å²) < 4.78 is 20.6. The van der Waals surface area contributed by atoms with Crippen molar-refractivity contribution in [3.63, 3.8) is 0 Å². The maximum atomic E-state index is 11.5. The zero-order valence-corrected chi connectivity index (χ0v) is 17.6. The van der Waals surface area contributed by atoms with Crippen LogP contribution in [0.2, 0.25) is 39.3 Å². The first kappa shape index (κ1) is 22.8. The Kier molecular flexibility index (Phi) is 10.1. The molecule has 0 aliphatic carbocycles. The molecule has 0 rings (SSSR count). The first-order chi connectivity index (χ1) is 10.9. The summed E-state index contributed by atoms with van der Waals surface area (Å²) in [5.74, 6) is -1.28. The van der Waals surface area contributed by atoms with Crippen molar-refractivity contribution in [1.82, 2.24) is 0 Å². The molecule has 0 saturated carbocycles. The molecule has 7 nitrogen and oxygen atoms in total. The molecule has 0 spiro atoms. The lowest BCUT2D eigenvalue weighted by Gasteiger charge is -2.17. The third-order valence-electron chi connectivity index (χ3n) is 2.40. The summed E-state index contributed by atoms with van der Waals surface area (Å²) in [6, 6.07) is 0. The highest BCUT2D eigenvalue weighted by molar-refractivity contribution is 6.71. The lowest BCUT2D eigenvalue weighted by atomic mass is 10.4. The number of rotatable bonds is 11. The Labute approximate surface area is 146 Å². The molecule has 0 aliphatic heterocycles. The largest absolute Gasteiger partial charge is 0.520 e. The molecule has 0 radical (unpaired) electrons. The smallest absolute Gasteiger partial charge is 0.309 e. The Morgan fingerprint density at radius 1 is 0.625 bits per heavy atom. The number of carbonyl (C=O) groups is 3. The van der Waals surface area contributed by atoms with Gasteiger partial charge in [0.1, 0.15) is 13.2 Å². The molecule has 0 aromatic carbocycles. The molecule has 0 atom stereocenters. The summed E-state index contributed by atoms with van der Waals surface area (Å²) in [4.78, 5) is 34.4. The Morgan fingerprint density at radius 2 is 1.04 bits per heavy atom. The monoisotopic (exact) mass is 378 g/mol. The Hall–Kier alpha value is -1.20. The summed E-state index contributed by atoms with van der Waals surface area (Å²) in [6.45, 7) is 12.1. The van der Waals surface area contributed by atoms with Crippen molar-refractivity contribution in [2.75, 3.05) is 19.8 Å². The van der Waals surface area contributed by atoms with Gasteiger partial charge in [-0.3, -0.25) is 14.4 Å². The Morgan fingerprint density at radius 3 is 1.46 bits per heavy atom. The molecule has 0 aliphatic rings. The third kappa shape index (κ3) is 15.7. The van der Waals surface area contributed by atoms with Crippen LogP contribution in [0.5, 0.6) is 0 Å². The van der Waals surface area contributed by atoms with Crippen LogP contribution in [0.4, 0.5) is 0 Å². The van der Waals surface area contributed by atoms with E-state index in [1.54, 1.807) is 0 Å². The van der Waals surface area contributed by atoms with E-state index in [1.165, 1.54) is 0 Å². The second kappa shape index (κ2) is 10.6. The second-order valence-corrected chi connectivity index (χ2v) is 16.2. The molecule has 140 valence electrons. The average molecular weight is 379 g/mol. The van der Waals surface area contributed by atoms with Gasteiger partial charge >= 0.3 is 11.9 Å². The molecular formula is C15H30O7Si2. The standard InChI is InChI=1S/C15H30O7Si2/c1-23(2,3)21-12-9-14(17)19-10-7-13(16)20-11-8-15(18)22-24(4,5)6/h7-12H2,1-6H3. The van der Waals surface area contributed by atoms with E-state index in [0.29, 0.717) is 6.61 Å². The summed E-state index contributed by atoms with van der Waals surface area (Å²) in [7, 11) is -3.54. The van der Waals surface area contributed by atoms with E-state index < -0.39 is 28.6 Å². The highest BCUT2D eigenvalue weighted by Gasteiger charge is 2.20. The van der Waals surface area contributed by atoms with Crippen molar-refractivity contribution in [3.05, 3.63) is 0 Å². The fourth-order valence-electron chi connectivity index (χ4n) is 1.47. The summed E-state index contributed by atoms with van der Waals surface area (Å²) in [5, 5.41) is 0. The van der Waals surface area contributed by atoms with Crippen LogP contribution in [-0.4, -0.2) is 54.4 Å². The van der Waals surface area contributed by atoms with Gasteiger partial charge in [0, 0.05) is 6.61 Å². The molecular weight excluding hydrogens is 348 g/mol. The van der Waals surface area contributed by atoms with Crippen molar-refractivity contribution >= 4 is 34.5 Å². The molecule has 0 heterocycles. The lowest BCUT2D eigenvalue weighted by Crippen LogP contribution is -2.29. The van der Waals surface area contributed by atoms with Crippen molar-refractivity contribution in [2.45, 2.75) is 58.5 Å². The van der Waals surface area contributed by atoms with Crippen LogP contribution < -0.4 is 0 Å². The molecule has 0 bridgehead atoms. The first-order valence-electron chi connectivity index (χ1n) is 8.06. The zero-order chi connectivity index (χ0) is 18.8. The van der Waals surface area contributed by atoms with Gasteiger partial charge in [-0.15, -0.1) is 0 Å². The molecule has 0 amide bonds. The summed E-state index contributed by atoms with van der Waals surface area (Å²) in [6.07, 6.45) is 0.162. The molecule has 0 unspecified atom stereocenters. The van der Waals surface area contributed by atoms with Crippen LogP contribution in [0.25, 0.3) is 0 Å². The predicted molar refractivity (Wildman–Crippen MR) is 94.5 cm³/mol. The van der Waals surface area contributed by atoms with Crippen molar-refractivity contribution in [1.29, 1.82) is 0 Å². The van der Waals surface area contributed by atoms with Gasteiger partial charge in [0.15, 0.2) is 8.32 Å². The highest BCUT2D eigenvalue weighted by atomic mass is 28.4. The van der Waals surface area contributed by atoms with E-state index in [4.69, 9.17) is 18.3 Å². The minimum absolute atomic E-state index is 0.0276. The Bertz CT molecular complexity index is 425. The number of ether oxygens (including phenoxy) is 2. The van der Waals surface area contributed by atoms with Crippen LogP contribution in [-0.2, 0) is 32.7 Å². The normalized spacial score (nSPS) is 11.8. The van der Waals surface area contributed by atoms with Crippen molar-refractivity contribution in [2.24, 2.45) is 0 Å². The van der Waals surface area contributed by atoms with Gasteiger partial charge in [-0.25, -0.2) is 0 Å². The van der Waals surface area contributed by atoms with E-state index >= 15 is 0 Å². The van der Waals surface area contributed by atoms with Crippen LogP contribution in [0.1, 0.15) is 19.3 Å². The molecule has 0 aromatic rings.